The van der Waals surface area contributed by atoms with Gasteiger partial charge in [0.1, 0.15) is 10.8 Å². The van der Waals surface area contributed by atoms with Gasteiger partial charge >= 0.3 is 0 Å². The van der Waals surface area contributed by atoms with E-state index >= 15 is 0 Å². The average molecular weight is 341 g/mol. The number of hydrazone groups is 1. The van der Waals surface area contributed by atoms with Crippen molar-refractivity contribution in [2.75, 3.05) is 7.11 Å². The summed E-state index contributed by atoms with van der Waals surface area (Å²) >= 11 is 10.8. The van der Waals surface area contributed by atoms with E-state index in [0.29, 0.717) is 5.56 Å². The van der Waals surface area contributed by atoms with Crippen LogP contribution in [0.15, 0.2) is 16.4 Å². The molecule has 3 N–H and O–H groups in total. The number of halogens is 1. The third-order valence-electron chi connectivity index (χ3n) is 3.26. The van der Waals surface area contributed by atoms with Crippen molar-refractivity contribution in [3.63, 3.8) is 0 Å². The van der Waals surface area contributed by atoms with Crippen LogP contribution in [0.4, 0.5) is 0 Å². The number of ether oxygens (including phenoxy) is 1. The second kappa shape index (κ2) is 5.90. The summed E-state index contributed by atoms with van der Waals surface area (Å²) in [5.41, 5.74) is 8.52. The number of methoxy groups -OCH3 is 1. The second-order valence-electron chi connectivity index (χ2n) is 4.54. The zero-order valence-corrected chi connectivity index (χ0v) is 13.6. The molecule has 0 saturated carbocycles. The molecule has 0 saturated heterocycles. The predicted molar refractivity (Wildman–Crippen MR) is 86.3 cm³/mol. The Morgan fingerprint density at radius 2 is 2.09 bits per heavy atom. The molecule has 116 valence electrons. The van der Waals surface area contributed by atoms with Gasteiger partial charge in [-0.25, -0.2) is 0 Å². The van der Waals surface area contributed by atoms with Gasteiger partial charge in [0.25, 0.3) is 0 Å². The van der Waals surface area contributed by atoms with E-state index in [9.17, 15) is 9.59 Å². The molecular formula is C13H13ClN4O3S. The summed E-state index contributed by atoms with van der Waals surface area (Å²) < 4.78 is 6.49. The fourth-order valence-electron chi connectivity index (χ4n) is 2.26. The highest BCUT2D eigenvalue weighted by Crippen LogP contribution is 2.33. The van der Waals surface area contributed by atoms with Crippen molar-refractivity contribution in [2.45, 2.75) is 6.92 Å². The van der Waals surface area contributed by atoms with Gasteiger partial charge in [0.2, 0.25) is 11.6 Å². The number of rotatable bonds is 3. The van der Waals surface area contributed by atoms with Gasteiger partial charge in [0.05, 0.1) is 18.9 Å². The van der Waals surface area contributed by atoms with Crippen LogP contribution in [0.25, 0.3) is 0 Å². The van der Waals surface area contributed by atoms with Crippen molar-refractivity contribution in [3.8, 4) is 0 Å². The molecule has 0 radical (unpaired) electrons. The lowest BCUT2D eigenvalue weighted by molar-refractivity contribution is 0.0903. The number of fused-ring (bicyclic) bond motifs is 1. The molecule has 0 bridgehead atoms. The van der Waals surface area contributed by atoms with Crippen LogP contribution in [-0.2, 0) is 11.8 Å². The van der Waals surface area contributed by atoms with Crippen molar-refractivity contribution in [1.29, 1.82) is 0 Å². The molecule has 1 aliphatic rings. The molecule has 0 unspecified atom stereocenters. The molecule has 0 spiro atoms. The quantitative estimate of drug-likeness (QED) is 0.486. The van der Waals surface area contributed by atoms with Crippen LogP contribution in [0.2, 0.25) is 5.15 Å². The first kappa shape index (κ1) is 16.2. The maximum Gasteiger partial charge on any atom is 0.230 e. The molecule has 0 fully saturated rings. The van der Waals surface area contributed by atoms with E-state index in [4.69, 9.17) is 22.1 Å². The van der Waals surface area contributed by atoms with Crippen molar-refractivity contribution >= 4 is 46.7 Å². The minimum Gasteiger partial charge on any atom is -0.492 e. The smallest absolute Gasteiger partial charge is 0.230 e. The number of Topliss-reactive ketones (excluding diaryl/α,β-unsaturated/α-hetero) is 2. The standard InChI is InChI=1S/C13H13ClN4O3S/c1-5-9(19)8-7(10(20)11(5)21-3)6(12(14)18(8)2)4-16-17-13(15)22/h4H,1-3H3,(H3,15,17,22)/b16-4+. The number of carbonyl (C=O) groups excluding carboxylic acids is 2. The Bertz CT molecular complexity index is 764. The fourth-order valence-corrected chi connectivity index (χ4v) is 2.54. The van der Waals surface area contributed by atoms with E-state index in [1.807, 2.05) is 0 Å². The lowest BCUT2D eigenvalue weighted by Gasteiger charge is -2.16. The maximum atomic E-state index is 12.5. The number of nitrogens with one attached hydrogen (secondary N) is 1. The molecule has 2 rings (SSSR count). The molecule has 1 aromatic heterocycles. The summed E-state index contributed by atoms with van der Waals surface area (Å²) in [6, 6.07) is 0. The van der Waals surface area contributed by atoms with Crippen LogP contribution >= 0.6 is 23.8 Å². The molecule has 0 amide bonds. The summed E-state index contributed by atoms with van der Waals surface area (Å²) in [6.07, 6.45) is 1.29. The molecule has 0 atom stereocenters. The monoisotopic (exact) mass is 340 g/mol. The van der Waals surface area contributed by atoms with Gasteiger partial charge in [-0.2, -0.15) is 5.10 Å². The van der Waals surface area contributed by atoms with Gasteiger partial charge in [-0.3, -0.25) is 15.0 Å². The van der Waals surface area contributed by atoms with E-state index in [-0.39, 0.29) is 38.6 Å². The Labute approximate surface area is 136 Å². The zero-order chi connectivity index (χ0) is 16.6. The Morgan fingerprint density at radius 3 is 2.64 bits per heavy atom. The summed E-state index contributed by atoms with van der Waals surface area (Å²) in [4.78, 5) is 25.0. The van der Waals surface area contributed by atoms with Crippen LogP contribution in [0.5, 0.6) is 0 Å². The topological polar surface area (TPSA) is 98.7 Å². The number of nitrogens with two attached hydrogens (primary N) is 1. The minimum atomic E-state index is -0.422. The maximum absolute atomic E-state index is 12.5. The van der Waals surface area contributed by atoms with Gasteiger partial charge in [0, 0.05) is 18.2 Å². The van der Waals surface area contributed by atoms with E-state index in [1.165, 1.54) is 24.8 Å². The Morgan fingerprint density at radius 1 is 1.45 bits per heavy atom. The van der Waals surface area contributed by atoms with Crippen molar-refractivity contribution in [1.82, 2.24) is 9.99 Å². The molecule has 7 nitrogen and oxygen atoms in total. The molecular weight excluding hydrogens is 328 g/mol. The van der Waals surface area contributed by atoms with Crippen molar-refractivity contribution < 1.29 is 14.3 Å². The van der Waals surface area contributed by atoms with E-state index < -0.39 is 5.78 Å². The highest BCUT2D eigenvalue weighted by molar-refractivity contribution is 7.80. The van der Waals surface area contributed by atoms with Crippen LogP contribution in [0.3, 0.4) is 0 Å². The third kappa shape index (κ3) is 2.40. The molecule has 1 heterocycles. The normalized spacial score (nSPS) is 14.5. The van der Waals surface area contributed by atoms with Crippen LogP contribution in [0, 0.1) is 0 Å². The first-order chi connectivity index (χ1) is 10.3. The van der Waals surface area contributed by atoms with Crippen molar-refractivity contribution in [2.24, 2.45) is 17.9 Å². The van der Waals surface area contributed by atoms with E-state index in [1.54, 1.807) is 7.05 Å². The van der Waals surface area contributed by atoms with Crippen LogP contribution in [-0.4, -0.2) is 34.6 Å². The number of carbonyl (C=O) groups is 2. The Hall–Kier alpha value is -2.19. The average Bonchev–Trinajstić information content (AvgIpc) is 2.70. The van der Waals surface area contributed by atoms with Gasteiger partial charge in [-0.15, -0.1) is 0 Å². The highest BCUT2D eigenvalue weighted by atomic mass is 35.5. The number of nitrogens with zero attached hydrogens (tertiary/aromatic N) is 2. The SMILES string of the molecule is COC1=C(C)C(=O)c2c(c(/C=N/NC(N)=S)c(Cl)n2C)C1=O. The number of aromatic nitrogens is 1. The summed E-state index contributed by atoms with van der Waals surface area (Å²) in [5, 5.41) is 3.96. The molecule has 0 aliphatic heterocycles. The first-order valence-corrected chi connectivity index (χ1v) is 6.90. The third-order valence-corrected chi connectivity index (χ3v) is 3.81. The molecule has 9 heteroatoms. The molecule has 1 aromatic rings. The highest BCUT2D eigenvalue weighted by Gasteiger charge is 2.37. The second-order valence-corrected chi connectivity index (χ2v) is 5.34. The largest absolute Gasteiger partial charge is 0.492 e. The molecule has 1 aliphatic carbocycles. The summed E-state index contributed by atoms with van der Waals surface area (Å²) in [7, 11) is 2.93. The van der Waals surface area contributed by atoms with E-state index in [0.717, 1.165) is 0 Å². The summed E-state index contributed by atoms with van der Waals surface area (Å²) in [5.74, 6) is -0.747. The van der Waals surface area contributed by atoms with E-state index in [2.05, 4.69) is 22.7 Å². The minimum absolute atomic E-state index is 0.00304. The van der Waals surface area contributed by atoms with Gasteiger partial charge < -0.3 is 15.0 Å². The Balaban J connectivity index is 2.65. The van der Waals surface area contributed by atoms with Gasteiger partial charge in [-0.05, 0) is 19.1 Å². The van der Waals surface area contributed by atoms with Crippen LogP contribution < -0.4 is 11.2 Å². The number of hydrogen-bond acceptors (Lipinski definition) is 5. The number of allylic oxidation sites excluding steroid dienone is 2. The first-order valence-electron chi connectivity index (χ1n) is 6.12. The predicted octanol–water partition coefficient (Wildman–Crippen LogP) is 1.15. The summed E-state index contributed by atoms with van der Waals surface area (Å²) in [6.45, 7) is 1.53. The molecule has 22 heavy (non-hydrogen) atoms. The van der Waals surface area contributed by atoms with Crippen LogP contribution in [0.1, 0.15) is 33.3 Å². The Kier molecular flexibility index (Phi) is 4.34. The lowest BCUT2D eigenvalue weighted by Crippen LogP contribution is -2.25. The van der Waals surface area contributed by atoms with Crippen molar-refractivity contribution in [3.05, 3.63) is 33.3 Å². The molecule has 0 aromatic carbocycles. The fraction of sp³-hybridized carbons (Fsp3) is 0.231. The number of thiocarbonyl (C=S) groups is 1. The lowest BCUT2D eigenvalue weighted by atomic mass is 9.92. The number of hydrogen-bond donors (Lipinski definition) is 2. The van der Waals surface area contributed by atoms with Gasteiger partial charge in [0.15, 0.2) is 10.9 Å². The van der Waals surface area contributed by atoms with Gasteiger partial charge in [-0.1, -0.05) is 11.6 Å². The zero-order valence-electron chi connectivity index (χ0n) is 12.1. The number of ketones is 2.